The molecule has 6 nitrogen and oxygen atoms in total. The Morgan fingerprint density at radius 1 is 1.04 bits per heavy atom. The fraction of sp³-hybridized carbons (Fsp3) is 0.0500. The number of ether oxygens (including phenoxy) is 1. The Bertz CT molecular complexity index is 1270. The van der Waals surface area contributed by atoms with E-state index in [0.29, 0.717) is 27.6 Å². The molecule has 3 aromatic carbocycles. The number of benzene rings is 3. The molecule has 4 rings (SSSR count). The molecule has 0 aliphatic rings. The summed E-state index contributed by atoms with van der Waals surface area (Å²) in [5.41, 5.74) is 2.58. The summed E-state index contributed by atoms with van der Waals surface area (Å²) >= 11 is 6.24. The minimum Gasteiger partial charge on any atom is -0.495 e. The van der Waals surface area contributed by atoms with E-state index in [9.17, 15) is 8.42 Å². The lowest BCUT2D eigenvalue weighted by Gasteiger charge is -2.11. The van der Waals surface area contributed by atoms with Gasteiger partial charge in [-0.15, -0.1) is 0 Å². The van der Waals surface area contributed by atoms with Crippen LogP contribution >= 0.6 is 11.6 Å². The lowest BCUT2D eigenvalue weighted by molar-refractivity contribution is 0.403. The average Bonchev–Trinajstić information content (AvgIpc) is 3.11. The number of H-pyrrole nitrogens is 1. The molecule has 0 aliphatic carbocycles. The molecule has 142 valence electrons. The first-order valence-electron chi connectivity index (χ1n) is 8.38. The highest BCUT2D eigenvalue weighted by Crippen LogP contribution is 2.29. The molecule has 0 unspecified atom stereocenters. The Hall–Kier alpha value is -3.03. The molecule has 0 saturated carbocycles. The lowest BCUT2D eigenvalue weighted by atomic mass is 10.2. The summed E-state index contributed by atoms with van der Waals surface area (Å²) in [6, 6.07) is 18.9. The van der Waals surface area contributed by atoms with Crippen molar-refractivity contribution >= 4 is 38.3 Å². The van der Waals surface area contributed by atoms with Crippen LogP contribution in [0.2, 0.25) is 5.02 Å². The summed E-state index contributed by atoms with van der Waals surface area (Å²) in [6.07, 6.45) is 0. The standard InChI is InChI=1S/C20H16ClN3O3S/c1-27-18-8-4-5-9-19(18)28(25,26)24-13-10-11-16-17(12-13)23-20(22-16)14-6-2-3-7-15(14)21/h2-12,24H,1H3,(H,22,23). The van der Waals surface area contributed by atoms with Gasteiger partial charge in [0.25, 0.3) is 10.0 Å². The van der Waals surface area contributed by atoms with Crippen LogP contribution in [0.4, 0.5) is 5.69 Å². The number of methoxy groups -OCH3 is 1. The van der Waals surface area contributed by atoms with Crippen molar-refractivity contribution in [1.82, 2.24) is 9.97 Å². The van der Waals surface area contributed by atoms with Crippen LogP contribution in [-0.2, 0) is 10.0 Å². The zero-order valence-corrected chi connectivity index (χ0v) is 16.4. The first-order valence-corrected chi connectivity index (χ1v) is 10.2. The highest BCUT2D eigenvalue weighted by Gasteiger charge is 2.19. The van der Waals surface area contributed by atoms with Gasteiger partial charge in [0.05, 0.1) is 28.9 Å². The second kappa shape index (κ2) is 7.18. The third-order valence-electron chi connectivity index (χ3n) is 4.22. The van der Waals surface area contributed by atoms with Crippen LogP contribution in [0, 0.1) is 0 Å². The van der Waals surface area contributed by atoms with Gasteiger partial charge in [-0.3, -0.25) is 4.72 Å². The smallest absolute Gasteiger partial charge is 0.265 e. The number of nitrogens with zero attached hydrogens (tertiary/aromatic N) is 1. The maximum atomic E-state index is 12.8. The molecule has 0 aliphatic heterocycles. The van der Waals surface area contributed by atoms with Gasteiger partial charge in [-0.05, 0) is 42.5 Å². The quantitative estimate of drug-likeness (QED) is 0.497. The van der Waals surface area contributed by atoms with E-state index in [-0.39, 0.29) is 10.6 Å². The van der Waals surface area contributed by atoms with Crippen molar-refractivity contribution in [2.75, 3.05) is 11.8 Å². The van der Waals surface area contributed by atoms with Gasteiger partial charge in [-0.25, -0.2) is 13.4 Å². The second-order valence-electron chi connectivity index (χ2n) is 6.05. The predicted octanol–water partition coefficient (Wildman–Crippen LogP) is 4.69. The minimum absolute atomic E-state index is 0.0685. The van der Waals surface area contributed by atoms with Crippen molar-refractivity contribution in [3.05, 3.63) is 71.8 Å². The van der Waals surface area contributed by atoms with Crippen LogP contribution < -0.4 is 9.46 Å². The van der Waals surface area contributed by atoms with Crippen LogP contribution in [0.15, 0.2) is 71.6 Å². The molecule has 1 aromatic heterocycles. The molecule has 0 fully saturated rings. The third kappa shape index (κ3) is 3.42. The van der Waals surface area contributed by atoms with Crippen molar-refractivity contribution in [3.63, 3.8) is 0 Å². The van der Waals surface area contributed by atoms with Crippen molar-refractivity contribution in [2.24, 2.45) is 0 Å². The van der Waals surface area contributed by atoms with Crippen LogP contribution in [0.25, 0.3) is 22.4 Å². The number of halogens is 1. The third-order valence-corrected chi connectivity index (χ3v) is 5.97. The summed E-state index contributed by atoms with van der Waals surface area (Å²) in [7, 11) is -2.38. The number of sulfonamides is 1. The van der Waals surface area contributed by atoms with Crippen LogP contribution in [0.3, 0.4) is 0 Å². The van der Waals surface area contributed by atoms with Gasteiger partial charge in [0.15, 0.2) is 0 Å². The molecule has 1 heterocycles. The molecule has 4 aromatic rings. The van der Waals surface area contributed by atoms with Gasteiger partial charge >= 0.3 is 0 Å². The van der Waals surface area contributed by atoms with Crippen molar-refractivity contribution in [2.45, 2.75) is 4.90 Å². The number of fused-ring (bicyclic) bond motifs is 1. The van der Waals surface area contributed by atoms with E-state index in [1.54, 1.807) is 42.5 Å². The van der Waals surface area contributed by atoms with Crippen LogP contribution in [0.1, 0.15) is 0 Å². The number of rotatable bonds is 5. The Labute approximate surface area is 167 Å². The Kier molecular flexibility index (Phi) is 4.70. The minimum atomic E-state index is -3.81. The number of aromatic nitrogens is 2. The topological polar surface area (TPSA) is 84.1 Å². The van der Waals surface area contributed by atoms with E-state index in [4.69, 9.17) is 16.3 Å². The van der Waals surface area contributed by atoms with E-state index < -0.39 is 10.0 Å². The molecule has 0 saturated heterocycles. The number of anilines is 1. The summed E-state index contributed by atoms with van der Waals surface area (Å²) in [5, 5.41) is 0.582. The van der Waals surface area contributed by atoms with Crippen molar-refractivity contribution < 1.29 is 13.2 Å². The molecule has 28 heavy (non-hydrogen) atoms. The molecular formula is C20H16ClN3O3S. The van der Waals surface area contributed by atoms with Gasteiger partial charge in [0, 0.05) is 5.56 Å². The highest BCUT2D eigenvalue weighted by molar-refractivity contribution is 7.92. The van der Waals surface area contributed by atoms with E-state index in [1.165, 1.54) is 13.2 Å². The van der Waals surface area contributed by atoms with Gasteiger partial charge in [0.2, 0.25) is 0 Å². The molecule has 0 atom stereocenters. The summed E-state index contributed by atoms with van der Waals surface area (Å²) in [6.45, 7) is 0. The molecule has 2 N–H and O–H groups in total. The van der Waals surface area contributed by atoms with Gasteiger partial charge in [-0.1, -0.05) is 35.9 Å². The Morgan fingerprint density at radius 3 is 2.57 bits per heavy atom. The number of hydrogen-bond donors (Lipinski definition) is 2. The summed E-state index contributed by atoms with van der Waals surface area (Å²) in [4.78, 5) is 7.78. The Morgan fingerprint density at radius 2 is 1.79 bits per heavy atom. The highest BCUT2D eigenvalue weighted by atomic mass is 35.5. The molecular weight excluding hydrogens is 398 g/mol. The number of imidazole rings is 1. The first kappa shape index (κ1) is 18.3. The van der Waals surface area contributed by atoms with E-state index in [1.807, 2.05) is 18.2 Å². The average molecular weight is 414 g/mol. The van der Waals surface area contributed by atoms with Crippen molar-refractivity contribution in [3.8, 4) is 17.1 Å². The predicted molar refractivity (Wildman–Crippen MR) is 110 cm³/mol. The van der Waals surface area contributed by atoms with E-state index in [0.717, 1.165) is 5.56 Å². The van der Waals surface area contributed by atoms with Gasteiger partial charge in [-0.2, -0.15) is 0 Å². The first-order chi connectivity index (χ1) is 13.5. The zero-order valence-electron chi connectivity index (χ0n) is 14.8. The normalized spacial score (nSPS) is 11.5. The Balaban J connectivity index is 1.70. The number of nitrogens with one attached hydrogen (secondary N) is 2. The number of aromatic amines is 1. The van der Waals surface area contributed by atoms with E-state index >= 15 is 0 Å². The number of para-hydroxylation sites is 1. The fourth-order valence-electron chi connectivity index (χ4n) is 2.90. The summed E-state index contributed by atoms with van der Waals surface area (Å²) < 4.78 is 33.2. The lowest BCUT2D eigenvalue weighted by Crippen LogP contribution is -2.13. The molecule has 0 radical (unpaired) electrons. The summed E-state index contributed by atoms with van der Waals surface area (Å²) in [5.74, 6) is 0.893. The van der Waals surface area contributed by atoms with Crippen LogP contribution in [-0.4, -0.2) is 25.5 Å². The molecule has 0 amide bonds. The number of hydrogen-bond acceptors (Lipinski definition) is 4. The van der Waals surface area contributed by atoms with Gasteiger partial charge in [0.1, 0.15) is 16.5 Å². The largest absolute Gasteiger partial charge is 0.495 e. The maximum absolute atomic E-state index is 12.8. The molecule has 0 spiro atoms. The van der Waals surface area contributed by atoms with Crippen molar-refractivity contribution in [1.29, 1.82) is 0 Å². The maximum Gasteiger partial charge on any atom is 0.265 e. The zero-order chi connectivity index (χ0) is 19.7. The SMILES string of the molecule is COc1ccccc1S(=O)(=O)Nc1ccc2nc(-c3ccccc3Cl)[nH]c2c1. The molecule has 0 bridgehead atoms. The van der Waals surface area contributed by atoms with Gasteiger partial charge < -0.3 is 9.72 Å². The second-order valence-corrected chi connectivity index (χ2v) is 8.11. The van der Waals surface area contributed by atoms with Crippen LogP contribution in [0.5, 0.6) is 5.75 Å². The molecule has 8 heteroatoms. The van der Waals surface area contributed by atoms with E-state index in [2.05, 4.69) is 14.7 Å². The monoisotopic (exact) mass is 413 g/mol. The fourth-order valence-corrected chi connectivity index (χ4v) is 4.35.